The maximum Gasteiger partial charge on any atom is 0.168 e. The van der Waals surface area contributed by atoms with Crippen LogP contribution >= 0.6 is 0 Å². The summed E-state index contributed by atoms with van der Waals surface area (Å²) in [5, 5.41) is 0. The van der Waals surface area contributed by atoms with E-state index in [1.807, 2.05) is 6.92 Å². The highest BCUT2D eigenvalue weighted by Gasteiger charge is 2.54. The number of methoxy groups -OCH3 is 1. The molecule has 3 fully saturated rings. The summed E-state index contributed by atoms with van der Waals surface area (Å²) < 4.78 is 24.2. The second-order valence-corrected chi connectivity index (χ2v) is 7.65. The molecule has 3 rings (SSSR count). The SMILES string of the molecule is CCOC1(C)CCC2C3C(OC(OC)[C@H](C)C3CC[C@H]2C)O1. The monoisotopic (exact) mass is 312 g/mol. The molecular weight excluding hydrogens is 280 g/mol. The Hall–Kier alpha value is -0.160. The fourth-order valence-corrected chi connectivity index (χ4v) is 5.12. The summed E-state index contributed by atoms with van der Waals surface area (Å²) in [4.78, 5) is 0. The van der Waals surface area contributed by atoms with E-state index in [0.717, 1.165) is 12.3 Å². The van der Waals surface area contributed by atoms with Crippen molar-refractivity contribution in [1.82, 2.24) is 0 Å². The maximum atomic E-state index is 6.38. The Kier molecular flexibility index (Phi) is 4.84. The van der Waals surface area contributed by atoms with Crippen LogP contribution in [0.2, 0.25) is 0 Å². The van der Waals surface area contributed by atoms with Crippen LogP contribution in [0, 0.1) is 29.6 Å². The first-order valence-electron chi connectivity index (χ1n) is 8.99. The van der Waals surface area contributed by atoms with Gasteiger partial charge in [-0.3, -0.25) is 0 Å². The zero-order valence-corrected chi connectivity index (χ0v) is 14.7. The molecule has 0 aromatic carbocycles. The third-order valence-corrected chi connectivity index (χ3v) is 6.34. The van der Waals surface area contributed by atoms with Gasteiger partial charge < -0.3 is 18.9 Å². The van der Waals surface area contributed by atoms with Crippen molar-refractivity contribution in [2.24, 2.45) is 29.6 Å². The zero-order chi connectivity index (χ0) is 15.9. The molecule has 4 heteroatoms. The van der Waals surface area contributed by atoms with Gasteiger partial charge >= 0.3 is 0 Å². The summed E-state index contributed by atoms with van der Waals surface area (Å²) in [6.07, 6.45) is 4.33. The van der Waals surface area contributed by atoms with E-state index in [-0.39, 0.29) is 12.6 Å². The van der Waals surface area contributed by atoms with Crippen LogP contribution in [0.25, 0.3) is 0 Å². The third-order valence-electron chi connectivity index (χ3n) is 6.34. The summed E-state index contributed by atoms with van der Waals surface area (Å²) >= 11 is 0. The molecular formula is C18H32O4. The van der Waals surface area contributed by atoms with Gasteiger partial charge in [0.2, 0.25) is 0 Å². The van der Waals surface area contributed by atoms with E-state index in [9.17, 15) is 0 Å². The molecule has 2 saturated heterocycles. The van der Waals surface area contributed by atoms with Crippen molar-refractivity contribution < 1.29 is 18.9 Å². The Morgan fingerprint density at radius 2 is 1.91 bits per heavy atom. The third kappa shape index (κ3) is 2.83. The van der Waals surface area contributed by atoms with Crippen LogP contribution in [0.4, 0.5) is 0 Å². The molecule has 0 aromatic rings. The molecule has 2 aliphatic heterocycles. The quantitative estimate of drug-likeness (QED) is 0.794. The van der Waals surface area contributed by atoms with Crippen LogP contribution in [0.1, 0.15) is 53.4 Å². The minimum Gasteiger partial charge on any atom is -0.355 e. The molecule has 8 atom stereocenters. The van der Waals surface area contributed by atoms with Crippen LogP contribution in [0.15, 0.2) is 0 Å². The lowest BCUT2D eigenvalue weighted by Crippen LogP contribution is -2.54. The van der Waals surface area contributed by atoms with Gasteiger partial charge in [-0.2, -0.15) is 0 Å². The van der Waals surface area contributed by atoms with Crippen LogP contribution in [-0.2, 0) is 18.9 Å². The van der Waals surface area contributed by atoms with Crippen molar-refractivity contribution in [2.75, 3.05) is 13.7 Å². The van der Waals surface area contributed by atoms with Crippen LogP contribution in [-0.4, -0.2) is 32.1 Å². The summed E-state index contributed by atoms with van der Waals surface area (Å²) in [6, 6.07) is 0. The van der Waals surface area contributed by atoms with E-state index in [2.05, 4.69) is 20.8 Å². The van der Waals surface area contributed by atoms with E-state index < -0.39 is 5.79 Å². The minimum absolute atomic E-state index is 0.163. The highest BCUT2D eigenvalue weighted by molar-refractivity contribution is 4.96. The molecule has 0 bridgehead atoms. The lowest BCUT2D eigenvalue weighted by atomic mass is 9.61. The fraction of sp³-hybridized carbons (Fsp3) is 1.00. The molecule has 128 valence electrons. The summed E-state index contributed by atoms with van der Waals surface area (Å²) in [5.41, 5.74) is 0. The molecule has 1 aliphatic carbocycles. The average Bonchev–Trinajstić information content (AvgIpc) is 2.63. The van der Waals surface area contributed by atoms with Gasteiger partial charge in [-0.1, -0.05) is 20.3 Å². The van der Waals surface area contributed by atoms with Crippen LogP contribution in [0.3, 0.4) is 0 Å². The summed E-state index contributed by atoms with van der Waals surface area (Å²) in [7, 11) is 1.74. The lowest BCUT2D eigenvalue weighted by Gasteiger charge is -2.51. The van der Waals surface area contributed by atoms with Crippen molar-refractivity contribution in [1.29, 1.82) is 0 Å². The van der Waals surface area contributed by atoms with Gasteiger partial charge in [0.25, 0.3) is 0 Å². The van der Waals surface area contributed by atoms with Crippen molar-refractivity contribution in [3.05, 3.63) is 0 Å². The Balaban J connectivity index is 1.89. The predicted molar refractivity (Wildman–Crippen MR) is 84.1 cm³/mol. The van der Waals surface area contributed by atoms with Crippen LogP contribution in [0.5, 0.6) is 0 Å². The standard InChI is InChI=1S/C18H32O4/c1-6-20-18(4)10-9-13-11(2)7-8-14-12(3)16(19-5)21-17(22-18)15(13)14/h11-17H,6-10H2,1-5H3/t11-,12-,13?,14?,15?,16?,17?,18?/m1/s1. The Bertz CT molecular complexity index is 387. The molecule has 0 radical (unpaired) electrons. The lowest BCUT2D eigenvalue weighted by molar-refractivity contribution is -0.373. The summed E-state index contributed by atoms with van der Waals surface area (Å²) in [5.74, 6) is 2.43. The van der Waals surface area contributed by atoms with Gasteiger partial charge in [-0.15, -0.1) is 0 Å². The normalized spacial score (nSPS) is 52.0. The van der Waals surface area contributed by atoms with Crippen molar-refractivity contribution >= 4 is 0 Å². The number of rotatable bonds is 3. The van der Waals surface area contributed by atoms with E-state index in [1.54, 1.807) is 7.11 Å². The molecule has 0 spiro atoms. The molecule has 0 N–H and O–H groups in total. The van der Waals surface area contributed by atoms with Crippen molar-refractivity contribution in [3.8, 4) is 0 Å². The second kappa shape index (κ2) is 6.39. The van der Waals surface area contributed by atoms with E-state index in [1.165, 1.54) is 19.3 Å². The smallest absolute Gasteiger partial charge is 0.168 e. The molecule has 3 aliphatic rings. The first kappa shape index (κ1) is 16.7. The first-order valence-corrected chi connectivity index (χ1v) is 8.99. The Morgan fingerprint density at radius 1 is 1.14 bits per heavy atom. The fourth-order valence-electron chi connectivity index (χ4n) is 5.12. The van der Waals surface area contributed by atoms with Gasteiger partial charge in [-0.05, 0) is 44.4 Å². The van der Waals surface area contributed by atoms with Crippen LogP contribution < -0.4 is 0 Å². The summed E-state index contributed by atoms with van der Waals surface area (Å²) in [6.45, 7) is 9.43. The van der Waals surface area contributed by atoms with E-state index in [0.29, 0.717) is 30.3 Å². The van der Waals surface area contributed by atoms with Gasteiger partial charge in [0.1, 0.15) is 0 Å². The van der Waals surface area contributed by atoms with Crippen molar-refractivity contribution in [2.45, 2.75) is 71.7 Å². The predicted octanol–water partition coefficient (Wildman–Crippen LogP) is 3.79. The first-order chi connectivity index (χ1) is 10.5. The molecule has 1 saturated carbocycles. The largest absolute Gasteiger partial charge is 0.355 e. The average molecular weight is 312 g/mol. The molecule has 2 heterocycles. The van der Waals surface area contributed by atoms with Gasteiger partial charge in [-0.25, -0.2) is 0 Å². The van der Waals surface area contributed by atoms with E-state index >= 15 is 0 Å². The zero-order valence-electron chi connectivity index (χ0n) is 14.7. The molecule has 6 unspecified atom stereocenters. The Morgan fingerprint density at radius 3 is 2.59 bits per heavy atom. The molecule has 0 amide bonds. The van der Waals surface area contributed by atoms with Gasteiger partial charge in [0.05, 0.1) is 0 Å². The molecule has 0 aromatic heterocycles. The Labute approximate surface area is 134 Å². The number of ether oxygens (including phenoxy) is 4. The topological polar surface area (TPSA) is 36.9 Å². The van der Waals surface area contributed by atoms with Crippen molar-refractivity contribution in [3.63, 3.8) is 0 Å². The van der Waals surface area contributed by atoms with Gasteiger partial charge in [0, 0.05) is 32.0 Å². The van der Waals surface area contributed by atoms with E-state index in [4.69, 9.17) is 18.9 Å². The maximum absolute atomic E-state index is 6.38. The number of hydrogen-bond donors (Lipinski definition) is 0. The minimum atomic E-state index is -0.528. The highest BCUT2D eigenvalue weighted by Crippen LogP contribution is 2.53. The second-order valence-electron chi connectivity index (χ2n) is 7.65. The molecule has 22 heavy (non-hydrogen) atoms. The number of hydrogen-bond acceptors (Lipinski definition) is 4. The van der Waals surface area contributed by atoms with Gasteiger partial charge in [0.15, 0.2) is 18.4 Å². The molecule has 4 nitrogen and oxygen atoms in total. The highest BCUT2D eigenvalue weighted by atomic mass is 16.8.